The van der Waals surface area contributed by atoms with Gasteiger partial charge in [-0.25, -0.2) is 13.2 Å². The van der Waals surface area contributed by atoms with Crippen LogP contribution in [0.4, 0.5) is 24.5 Å². The van der Waals surface area contributed by atoms with E-state index in [2.05, 4.69) is 10.6 Å². The summed E-state index contributed by atoms with van der Waals surface area (Å²) >= 11 is 4.99. The van der Waals surface area contributed by atoms with E-state index in [0.29, 0.717) is 11.3 Å². The van der Waals surface area contributed by atoms with Gasteiger partial charge < -0.3 is 10.6 Å². The molecule has 20 heavy (non-hydrogen) atoms. The molecule has 2 rings (SSSR count). The van der Waals surface area contributed by atoms with E-state index in [9.17, 15) is 13.2 Å². The van der Waals surface area contributed by atoms with Gasteiger partial charge in [-0.2, -0.15) is 0 Å². The molecule has 0 radical (unpaired) electrons. The van der Waals surface area contributed by atoms with Crippen LogP contribution in [0.3, 0.4) is 0 Å². The number of rotatable bonds is 2. The van der Waals surface area contributed by atoms with Crippen molar-refractivity contribution < 1.29 is 13.2 Å². The van der Waals surface area contributed by atoms with Crippen LogP contribution < -0.4 is 10.6 Å². The minimum Gasteiger partial charge on any atom is -0.332 e. The monoisotopic (exact) mass is 296 g/mol. The number of nitrogens with one attached hydrogen (secondary N) is 2. The lowest BCUT2D eigenvalue weighted by Gasteiger charge is -2.13. The predicted molar refractivity (Wildman–Crippen MR) is 77.3 cm³/mol. The van der Waals surface area contributed by atoms with Crippen LogP contribution >= 0.6 is 12.2 Å². The highest BCUT2D eigenvalue weighted by Gasteiger charge is 2.08. The van der Waals surface area contributed by atoms with Crippen molar-refractivity contribution >= 4 is 28.7 Å². The van der Waals surface area contributed by atoms with Crippen LogP contribution in [0, 0.1) is 24.4 Å². The Balaban J connectivity index is 2.13. The van der Waals surface area contributed by atoms with Gasteiger partial charge in [0.2, 0.25) is 0 Å². The second kappa shape index (κ2) is 5.92. The van der Waals surface area contributed by atoms with Crippen LogP contribution in [0.2, 0.25) is 0 Å². The van der Waals surface area contributed by atoms with Crippen molar-refractivity contribution in [3.63, 3.8) is 0 Å². The quantitative estimate of drug-likeness (QED) is 0.811. The van der Waals surface area contributed by atoms with Crippen molar-refractivity contribution in [2.45, 2.75) is 6.92 Å². The fourth-order valence-corrected chi connectivity index (χ4v) is 1.83. The Hall–Kier alpha value is -2.08. The Labute approximate surface area is 119 Å². The molecule has 0 aliphatic rings. The number of anilines is 2. The molecule has 2 N–H and O–H groups in total. The summed E-state index contributed by atoms with van der Waals surface area (Å²) in [6.07, 6.45) is 0. The molecular weight excluding hydrogens is 285 g/mol. The van der Waals surface area contributed by atoms with Crippen LogP contribution in [0.25, 0.3) is 0 Å². The summed E-state index contributed by atoms with van der Waals surface area (Å²) in [4.78, 5) is 0. The van der Waals surface area contributed by atoms with Crippen LogP contribution in [-0.4, -0.2) is 5.11 Å². The van der Waals surface area contributed by atoms with E-state index >= 15 is 0 Å². The first-order valence-electron chi connectivity index (χ1n) is 5.75. The topological polar surface area (TPSA) is 24.1 Å². The lowest BCUT2D eigenvalue weighted by Crippen LogP contribution is -2.20. The summed E-state index contributed by atoms with van der Waals surface area (Å²) in [6.45, 7) is 1.59. The third-order valence-corrected chi connectivity index (χ3v) is 2.90. The van der Waals surface area contributed by atoms with Crippen molar-refractivity contribution in [3.05, 3.63) is 59.4 Å². The molecule has 0 bridgehead atoms. The van der Waals surface area contributed by atoms with E-state index in [1.54, 1.807) is 13.0 Å². The zero-order valence-electron chi connectivity index (χ0n) is 10.5. The zero-order chi connectivity index (χ0) is 14.7. The smallest absolute Gasteiger partial charge is 0.175 e. The third-order valence-electron chi connectivity index (χ3n) is 2.69. The molecule has 0 unspecified atom stereocenters. The van der Waals surface area contributed by atoms with E-state index in [1.807, 2.05) is 0 Å². The molecule has 0 fully saturated rings. The average Bonchev–Trinajstić information content (AvgIpc) is 2.39. The Bertz CT molecular complexity index is 653. The maximum Gasteiger partial charge on any atom is 0.175 e. The molecule has 0 amide bonds. The maximum atomic E-state index is 13.4. The minimum absolute atomic E-state index is 0.0446. The molecular formula is C14H11F3N2S. The van der Waals surface area contributed by atoms with Gasteiger partial charge in [0.05, 0.1) is 5.69 Å². The summed E-state index contributed by atoms with van der Waals surface area (Å²) < 4.78 is 39.8. The van der Waals surface area contributed by atoms with Gasteiger partial charge in [0.25, 0.3) is 0 Å². The lowest BCUT2D eigenvalue weighted by molar-refractivity contribution is 0.604. The van der Waals surface area contributed by atoms with Gasteiger partial charge in [-0.15, -0.1) is 0 Å². The Morgan fingerprint density at radius 3 is 2.40 bits per heavy atom. The van der Waals surface area contributed by atoms with Crippen LogP contribution in [-0.2, 0) is 0 Å². The van der Waals surface area contributed by atoms with E-state index in [1.165, 1.54) is 12.1 Å². The molecule has 0 spiro atoms. The average molecular weight is 296 g/mol. The molecule has 0 atom stereocenters. The molecule has 2 nitrogen and oxygen atoms in total. The van der Waals surface area contributed by atoms with E-state index in [0.717, 1.165) is 18.2 Å². The molecule has 0 saturated heterocycles. The number of halogens is 3. The summed E-state index contributed by atoms with van der Waals surface area (Å²) in [5, 5.41) is 5.31. The first-order valence-corrected chi connectivity index (χ1v) is 6.16. The standard InChI is InChI=1S/C14H11F3N2S/c1-8-10(16)3-2-4-12(8)18-14(20)19-13-7-9(15)5-6-11(13)17/h2-7H,1H3,(H2,18,19,20). The summed E-state index contributed by atoms with van der Waals surface area (Å²) in [6, 6.07) is 7.47. The largest absolute Gasteiger partial charge is 0.332 e. The van der Waals surface area contributed by atoms with Gasteiger partial charge in [-0.1, -0.05) is 6.07 Å². The zero-order valence-corrected chi connectivity index (χ0v) is 11.3. The normalized spacial score (nSPS) is 10.2. The molecule has 2 aromatic rings. The van der Waals surface area contributed by atoms with Gasteiger partial charge >= 0.3 is 0 Å². The van der Waals surface area contributed by atoms with Gasteiger partial charge in [0.15, 0.2) is 5.11 Å². The highest BCUT2D eigenvalue weighted by Crippen LogP contribution is 2.19. The minimum atomic E-state index is -0.633. The predicted octanol–water partition coefficient (Wildman–Crippen LogP) is 4.22. The van der Waals surface area contributed by atoms with Crippen LogP contribution in [0.15, 0.2) is 36.4 Å². The highest BCUT2D eigenvalue weighted by molar-refractivity contribution is 7.80. The van der Waals surface area contributed by atoms with Crippen LogP contribution in [0.1, 0.15) is 5.56 Å². The molecule has 104 valence electrons. The van der Waals surface area contributed by atoms with Crippen molar-refractivity contribution in [3.8, 4) is 0 Å². The van der Waals surface area contributed by atoms with Crippen molar-refractivity contribution in [2.24, 2.45) is 0 Å². The Kier molecular flexibility index (Phi) is 4.24. The van der Waals surface area contributed by atoms with Gasteiger partial charge in [-0.3, -0.25) is 0 Å². The fourth-order valence-electron chi connectivity index (χ4n) is 1.61. The molecule has 6 heteroatoms. The second-order valence-corrected chi connectivity index (χ2v) is 4.52. The molecule has 2 aromatic carbocycles. The number of hydrogen-bond acceptors (Lipinski definition) is 1. The highest BCUT2D eigenvalue weighted by atomic mass is 32.1. The van der Waals surface area contributed by atoms with Crippen molar-refractivity contribution in [1.82, 2.24) is 0 Å². The Morgan fingerprint density at radius 2 is 1.65 bits per heavy atom. The van der Waals surface area contributed by atoms with E-state index in [4.69, 9.17) is 12.2 Å². The molecule has 0 aliphatic heterocycles. The van der Waals surface area contributed by atoms with Crippen molar-refractivity contribution in [1.29, 1.82) is 0 Å². The molecule has 0 saturated carbocycles. The number of thiocarbonyl (C=S) groups is 1. The van der Waals surface area contributed by atoms with E-state index in [-0.39, 0.29) is 16.6 Å². The first kappa shape index (κ1) is 14.3. The summed E-state index contributed by atoms with van der Waals surface area (Å²) in [7, 11) is 0. The van der Waals surface area contributed by atoms with Crippen molar-refractivity contribution in [2.75, 3.05) is 10.6 Å². The molecule has 0 heterocycles. The lowest BCUT2D eigenvalue weighted by atomic mass is 10.2. The third kappa shape index (κ3) is 3.27. The Morgan fingerprint density at radius 1 is 0.950 bits per heavy atom. The van der Waals surface area contributed by atoms with Gasteiger partial charge in [0, 0.05) is 17.3 Å². The van der Waals surface area contributed by atoms with Gasteiger partial charge in [0.1, 0.15) is 17.5 Å². The number of benzene rings is 2. The second-order valence-electron chi connectivity index (χ2n) is 4.12. The summed E-state index contributed by atoms with van der Waals surface area (Å²) in [5.74, 6) is -1.60. The molecule has 0 aliphatic carbocycles. The number of hydrogen-bond donors (Lipinski definition) is 2. The summed E-state index contributed by atoms with van der Waals surface area (Å²) in [5.41, 5.74) is 0.757. The van der Waals surface area contributed by atoms with Gasteiger partial charge in [-0.05, 0) is 43.4 Å². The molecule has 0 aromatic heterocycles. The van der Waals surface area contributed by atoms with E-state index < -0.39 is 11.6 Å². The first-order chi connectivity index (χ1) is 9.47. The van der Waals surface area contributed by atoms with Crippen LogP contribution in [0.5, 0.6) is 0 Å². The SMILES string of the molecule is Cc1c(F)cccc1NC(=S)Nc1cc(F)ccc1F. The fraction of sp³-hybridized carbons (Fsp3) is 0.0714. The maximum absolute atomic E-state index is 13.4.